The smallest absolute Gasteiger partial charge is 0.137 e. The minimum absolute atomic E-state index is 0.416. The van der Waals surface area contributed by atoms with Crippen molar-refractivity contribution in [1.82, 2.24) is 0 Å². The maximum atomic E-state index is 11.8. The Morgan fingerprint density at radius 2 is 2.08 bits per heavy atom. The Balaban J connectivity index is 1.96. The Hall–Kier alpha value is -0.110. The number of allylic oxidation sites excluding steroid dienone is 2. The molecule has 4 rings (SSSR count). The fourth-order valence-electron chi connectivity index (χ4n) is 4.59. The van der Waals surface area contributed by atoms with Crippen molar-refractivity contribution in [2.75, 3.05) is 0 Å². The number of fused-ring (bicyclic) bond motifs is 2. The maximum absolute atomic E-state index is 11.8. The van der Waals surface area contributed by atoms with Crippen molar-refractivity contribution < 1.29 is 4.79 Å². The van der Waals surface area contributed by atoms with Gasteiger partial charge in [-0.05, 0) is 34.6 Å². The lowest BCUT2D eigenvalue weighted by Crippen LogP contribution is -2.24. The number of rotatable bonds is 0. The zero-order valence-corrected chi connectivity index (χ0v) is 8.83. The van der Waals surface area contributed by atoms with Crippen molar-refractivity contribution in [2.24, 2.45) is 35.5 Å². The van der Waals surface area contributed by atoms with Gasteiger partial charge in [-0.3, -0.25) is 4.79 Å². The molecule has 0 aromatic carbocycles. The highest BCUT2D eigenvalue weighted by molar-refractivity contribution is 9.11. The van der Waals surface area contributed by atoms with Crippen LogP contribution in [-0.2, 0) is 4.79 Å². The predicted octanol–water partition coefficient (Wildman–Crippen LogP) is 2.37. The van der Waals surface area contributed by atoms with Crippen LogP contribution < -0.4 is 0 Å². The number of hydrogen-bond acceptors (Lipinski definition) is 1. The first-order chi connectivity index (χ1) is 6.27. The number of ketones is 1. The van der Waals surface area contributed by atoms with Gasteiger partial charge in [-0.15, -0.1) is 0 Å². The highest BCUT2D eigenvalue weighted by Gasteiger charge is 2.66. The van der Waals surface area contributed by atoms with Gasteiger partial charge in [-0.1, -0.05) is 22.0 Å². The van der Waals surface area contributed by atoms with Crippen LogP contribution >= 0.6 is 15.9 Å². The average molecular weight is 239 g/mol. The highest BCUT2D eigenvalue weighted by Crippen LogP contribution is 2.69. The molecule has 4 aliphatic rings. The van der Waals surface area contributed by atoms with E-state index in [0.717, 1.165) is 30.1 Å². The summed E-state index contributed by atoms with van der Waals surface area (Å²) in [7, 11) is 0. The van der Waals surface area contributed by atoms with Gasteiger partial charge >= 0.3 is 0 Å². The average Bonchev–Trinajstić information content (AvgIpc) is 2.67. The standard InChI is InChI=1S/C11H11BrO/c12-8-2-4-5-3-9(13)11-7(5)1-6(4)10(8)11/h2,4-7,10-11H,1,3H2/t4-,5-,6-,7+,10+,11+/m1/s1. The minimum Gasteiger partial charge on any atom is -0.299 e. The van der Waals surface area contributed by atoms with Gasteiger partial charge < -0.3 is 0 Å². The molecule has 0 aromatic heterocycles. The summed E-state index contributed by atoms with van der Waals surface area (Å²) in [6, 6.07) is 0. The summed E-state index contributed by atoms with van der Waals surface area (Å²) in [5.74, 6) is 4.66. The monoisotopic (exact) mass is 238 g/mol. The van der Waals surface area contributed by atoms with Crippen molar-refractivity contribution in [1.29, 1.82) is 0 Å². The van der Waals surface area contributed by atoms with Gasteiger partial charge in [0.2, 0.25) is 0 Å². The van der Waals surface area contributed by atoms with E-state index in [1.165, 1.54) is 10.9 Å². The molecular weight excluding hydrogens is 228 g/mol. The van der Waals surface area contributed by atoms with E-state index in [9.17, 15) is 4.79 Å². The van der Waals surface area contributed by atoms with Crippen molar-refractivity contribution in [3.05, 3.63) is 10.6 Å². The van der Waals surface area contributed by atoms with Crippen molar-refractivity contribution in [3.8, 4) is 0 Å². The molecule has 2 bridgehead atoms. The van der Waals surface area contributed by atoms with Gasteiger partial charge in [0.1, 0.15) is 5.78 Å². The summed E-state index contributed by atoms with van der Waals surface area (Å²) >= 11 is 3.65. The molecule has 0 heterocycles. The second-order valence-corrected chi connectivity index (χ2v) is 5.99. The van der Waals surface area contributed by atoms with Crippen LogP contribution in [-0.4, -0.2) is 5.78 Å². The third kappa shape index (κ3) is 0.604. The Kier molecular flexibility index (Phi) is 1.08. The number of Topliss-reactive ketones (excluding diaryl/α,β-unsaturated/α-hetero) is 1. The maximum Gasteiger partial charge on any atom is 0.137 e. The zero-order valence-electron chi connectivity index (χ0n) is 7.24. The summed E-state index contributed by atoms with van der Waals surface area (Å²) in [5.41, 5.74) is 0. The number of halogens is 1. The minimum atomic E-state index is 0.416. The lowest BCUT2D eigenvalue weighted by Gasteiger charge is -2.25. The SMILES string of the molecule is O=C1C[C@@H]2[C@H]3C=C(Br)[C@@H]4[C@@H]3C[C@@H]2[C@@H]14. The fraction of sp³-hybridized carbons (Fsp3) is 0.727. The molecule has 0 unspecified atom stereocenters. The lowest BCUT2D eigenvalue weighted by molar-refractivity contribution is -0.121. The third-order valence-electron chi connectivity index (χ3n) is 4.87. The van der Waals surface area contributed by atoms with Crippen LogP contribution in [0.15, 0.2) is 10.6 Å². The summed E-state index contributed by atoms with van der Waals surface area (Å²) in [4.78, 5) is 11.8. The van der Waals surface area contributed by atoms with Crippen LogP contribution in [0.5, 0.6) is 0 Å². The highest BCUT2D eigenvalue weighted by atomic mass is 79.9. The van der Waals surface area contributed by atoms with E-state index in [1.54, 1.807) is 0 Å². The summed E-state index contributed by atoms with van der Waals surface area (Å²) in [5, 5.41) is 0. The first kappa shape index (κ1) is 7.22. The molecule has 3 fully saturated rings. The molecular formula is C11H11BrO. The molecule has 68 valence electrons. The van der Waals surface area contributed by atoms with Crippen LogP contribution in [0.25, 0.3) is 0 Å². The molecule has 2 heteroatoms. The van der Waals surface area contributed by atoms with Crippen LogP contribution in [0.1, 0.15) is 12.8 Å². The second kappa shape index (κ2) is 1.95. The topological polar surface area (TPSA) is 17.1 Å². The molecule has 0 aliphatic heterocycles. The molecule has 1 nitrogen and oxygen atoms in total. The predicted molar refractivity (Wildman–Crippen MR) is 52.2 cm³/mol. The van der Waals surface area contributed by atoms with E-state index in [0.29, 0.717) is 17.6 Å². The Bertz CT molecular complexity index is 346. The van der Waals surface area contributed by atoms with Gasteiger partial charge in [0, 0.05) is 18.3 Å². The van der Waals surface area contributed by atoms with E-state index < -0.39 is 0 Å². The summed E-state index contributed by atoms with van der Waals surface area (Å²) in [6.45, 7) is 0. The van der Waals surface area contributed by atoms with Gasteiger partial charge in [0.25, 0.3) is 0 Å². The van der Waals surface area contributed by atoms with Crippen molar-refractivity contribution in [3.63, 3.8) is 0 Å². The molecule has 3 saturated carbocycles. The molecule has 0 spiro atoms. The normalized spacial score (nSPS) is 60.7. The van der Waals surface area contributed by atoms with E-state index in [4.69, 9.17) is 0 Å². The van der Waals surface area contributed by atoms with Gasteiger partial charge in [-0.25, -0.2) is 0 Å². The molecule has 4 aliphatic carbocycles. The quantitative estimate of drug-likeness (QED) is 0.634. The van der Waals surface area contributed by atoms with E-state index in [2.05, 4.69) is 22.0 Å². The van der Waals surface area contributed by atoms with Gasteiger partial charge in [0.15, 0.2) is 0 Å². The molecule has 6 atom stereocenters. The van der Waals surface area contributed by atoms with Crippen LogP contribution in [0.2, 0.25) is 0 Å². The molecule has 0 radical (unpaired) electrons. The molecule has 13 heavy (non-hydrogen) atoms. The van der Waals surface area contributed by atoms with Crippen molar-refractivity contribution >= 4 is 21.7 Å². The Labute approximate surface area is 85.7 Å². The molecule has 0 amide bonds. The Morgan fingerprint density at radius 1 is 1.23 bits per heavy atom. The molecule has 0 saturated heterocycles. The van der Waals surface area contributed by atoms with Crippen LogP contribution in [0.4, 0.5) is 0 Å². The third-order valence-corrected chi connectivity index (χ3v) is 5.66. The molecule has 0 aromatic rings. The lowest BCUT2D eigenvalue weighted by atomic mass is 9.79. The number of carbonyl (C=O) groups excluding carboxylic acids is 1. The second-order valence-electron chi connectivity index (χ2n) is 5.08. The van der Waals surface area contributed by atoms with Gasteiger partial charge in [-0.2, -0.15) is 0 Å². The largest absolute Gasteiger partial charge is 0.299 e. The van der Waals surface area contributed by atoms with E-state index >= 15 is 0 Å². The summed E-state index contributed by atoms with van der Waals surface area (Å²) < 4.78 is 1.35. The number of hydrogen-bond donors (Lipinski definition) is 0. The number of carbonyl (C=O) groups is 1. The van der Waals surface area contributed by atoms with Crippen molar-refractivity contribution in [2.45, 2.75) is 12.8 Å². The van der Waals surface area contributed by atoms with E-state index in [-0.39, 0.29) is 0 Å². The van der Waals surface area contributed by atoms with Gasteiger partial charge in [0.05, 0.1) is 0 Å². The molecule has 0 N–H and O–H groups in total. The zero-order chi connectivity index (χ0) is 8.74. The summed E-state index contributed by atoms with van der Waals surface area (Å²) in [6.07, 6.45) is 4.64. The van der Waals surface area contributed by atoms with Crippen LogP contribution in [0, 0.1) is 35.5 Å². The fourth-order valence-corrected chi connectivity index (χ4v) is 5.52. The first-order valence-corrected chi connectivity index (χ1v) is 5.96. The van der Waals surface area contributed by atoms with E-state index in [1.807, 2.05) is 0 Å². The Morgan fingerprint density at radius 3 is 2.92 bits per heavy atom. The van der Waals surface area contributed by atoms with Crippen LogP contribution in [0.3, 0.4) is 0 Å². The first-order valence-electron chi connectivity index (χ1n) is 5.17.